The third kappa shape index (κ3) is 4.38. The van der Waals surface area contributed by atoms with E-state index in [2.05, 4.69) is 0 Å². The van der Waals surface area contributed by atoms with Crippen molar-refractivity contribution in [2.45, 2.75) is 18.6 Å². The Bertz CT molecular complexity index is 664. The summed E-state index contributed by atoms with van der Waals surface area (Å²) in [5.74, 6) is -0.283. The lowest BCUT2D eigenvalue weighted by Gasteiger charge is -2.31. The fraction of sp³-hybridized carbons (Fsp3) is 0.533. The van der Waals surface area contributed by atoms with Crippen LogP contribution in [-0.4, -0.2) is 50.7 Å². The van der Waals surface area contributed by atoms with E-state index in [9.17, 15) is 13.2 Å². The molecule has 0 radical (unpaired) electrons. The molecule has 1 aliphatic rings. The minimum Gasteiger partial charge on any atom is -0.349 e. The van der Waals surface area contributed by atoms with E-state index < -0.39 is 10.0 Å². The van der Waals surface area contributed by atoms with Crippen molar-refractivity contribution in [3.8, 4) is 0 Å². The van der Waals surface area contributed by atoms with Crippen molar-refractivity contribution in [1.82, 2.24) is 9.21 Å². The Kier molecular flexibility index (Phi) is 5.94. The van der Waals surface area contributed by atoms with Crippen molar-refractivity contribution in [2.75, 3.05) is 27.2 Å². The molecular formula is C15H20Cl2N2O3S. The van der Waals surface area contributed by atoms with Crippen LogP contribution in [-0.2, 0) is 20.6 Å². The zero-order valence-electron chi connectivity index (χ0n) is 13.1. The number of benzene rings is 1. The summed E-state index contributed by atoms with van der Waals surface area (Å²) in [6.07, 6.45) is 1.07. The largest absolute Gasteiger partial charge is 0.349 e. The van der Waals surface area contributed by atoms with Gasteiger partial charge in [0.2, 0.25) is 15.9 Å². The minimum atomic E-state index is -3.51. The number of piperidine rings is 1. The van der Waals surface area contributed by atoms with Crippen LogP contribution in [0.15, 0.2) is 18.2 Å². The second-order valence-corrected chi connectivity index (χ2v) is 8.65. The van der Waals surface area contributed by atoms with E-state index in [1.165, 1.54) is 4.31 Å². The van der Waals surface area contributed by atoms with Crippen LogP contribution in [0.5, 0.6) is 0 Å². The second-order valence-electron chi connectivity index (χ2n) is 5.86. The van der Waals surface area contributed by atoms with Crippen molar-refractivity contribution >= 4 is 39.1 Å². The van der Waals surface area contributed by atoms with Gasteiger partial charge in [0.15, 0.2) is 0 Å². The van der Waals surface area contributed by atoms with Crippen LogP contribution in [0.1, 0.15) is 18.4 Å². The third-order valence-electron chi connectivity index (χ3n) is 4.03. The van der Waals surface area contributed by atoms with Crippen LogP contribution in [0.3, 0.4) is 0 Å². The maximum atomic E-state index is 12.6. The Morgan fingerprint density at radius 2 is 1.74 bits per heavy atom. The Labute approximate surface area is 147 Å². The lowest BCUT2D eigenvalue weighted by atomic mass is 9.97. The zero-order chi connectivity index (χ0) is 17.2. The first kappa shape index (κ1) is 18.5. The number of hydrogen-bond acceptors (Lipinski definition) is 3. The predicted octanol–water partition coefficient (Wildman–Crippen LogP) is 2.62. The fourth-order valence-corrected chi connectivity index (χ4v) is 5.01. The highest BCUT2D eigenvalue weighted by Gasteiger charge is 2.32. The summed E-state index contributed by atoms with van der Waals surface area (Å²) in [4.78, 5) is 13.5. The van der Waals surface area contributed by atoms with Crippen LogP contribution in [0.4, 0.5) is 0 Å². The van der Waals surface area contributed by atoms with E-state index >= 15 is 0 Å². The van der Waals surface area contributed by atoms with Crippen LogP contribution in [0.2, 0.25) is 10.0 Å². The number of sulfonamides is 1. The maximum absolute atomic E-state index is 12.6. The number of carbonyl (C=O) groups is 1. The van der Waals surface area contributed by atoms with E-state index in [4.69, 9.17) is 23.2 Å². The molecule has 0 spiro atoms. The Hall–Kier alpha value is -0.820. The normalized spacial score (nSPS) is 17.2. The molecular weight excluding hydrogens is 359 g/mol. The van der Waals surface area contributed by atoms with Gasteiger partial charge in [0, 0.05) is 48.7 Å². The summed E-state index contributed by atoms with van der Waals surface area (Å²) >= 11 is 12.1. The molecule has 0 aromatic heterocycles. The summed E-state index contributed by atoms with van der Waals surface area (Å²) in [6.45, 7) is 0.684. The SMILES string of the molecule is CN(C)C(=O)C1CCN(S(=O)(=O)Cc2c(Cl)cccc2Cl)CC1. The molecule has 8 heteroatoms. The lowest BCUT2D eigenvalue weighted by Crippen LogP contribution is -2.43. The van der Waals surface area contributed by atoms with Crippen LogP contribution in [0, 0.1) is 5.92 Å². The number of rotatable bonds is 4. The molecule has 1 heterocycles. The van der Waals surface area contributed by atoms with Gasteiger partial charge in [-0.3, -0.25) is 4.79 Å². The number of hydrogen-bond donors (Lipinski definition) is 0. The summed E-state index contributed by atoms with van der Waals surface area (Å²) in [6, 6.07) is 4.93. The predicted molar refractivity (Wildman–Crippen MR) is 92.1 cm³/mol. The molecule has 0 aliphatic carbocycles. The molecule has 0 N–H and O–H groups in total. The average molecular weight is 379 g/mol. The molecule has 1 fully saturated rings. The first-order valence-electron chi connectivity index (χ1n) is 7.34. The van der Waals surface area contributed by atoms with E-state index in [1.54, 1.807) is 37.2 Å². The average Bonchev–Trinajstić information content (AvgIpc) is 2.50. The molecule has 0 atom stereocenters. The summed E-state index contributed by atoms with van der Waals surface area (Å²) in [5, 5.41) is 0.692. The molecule has 2 rings (SSSR count). The van der Waals surface area contributed by atoms with E-state index in [-0.39, 0.29) is 17.6 Å². The van der Waals surface area contributed by atoms with Gasteiger partial charge in [-0.15, -0.1) is 0 Å². The molecule has 5 nitrogen and oxygen atoms in total. The topological polar surface area (TPSA) is 57.7 Å². The molecule has 128 valence electrons. The van der Waals surface area contributed by atoms with Gasteiger partial charge in [0.25, 0.3) is 0 Å². The zero-order valence-corrected chi connectivity index (χ0v) is 15.5. The van der Waals surface area contributed by atoms with Gasteiger partial charge < -0.3 is 4.90 Å². The highest BCUT2D eigenvalue weighted by Crippen LogP contribution is 2.29. The van der Waals surface area contributed by atoms with Crippen molar-refractivity contribution in [3.63, 3.8) is 0 Å². The van der Waals surface area contributed by atoms with Gasteiger partial charge in [-0.05, 0) is 25.0 Å². The number of nitrogens with zero attached hydrogens (tertiary/aromatic N) is 2. The minimum absolute atomic E-state index is 0.0520. The molecule has 1 aromatic carbocycles. The van der Waals surface area contributed by atoms with Crippen molar-refractivity contribution in [3.05, 3.63) is 33.8 Å². The number of amides is 1. The van der Waals surface area contributed by atoms with Gasteiger partial charge in [-0.2, -0.15) is 0 Å². The number of carbonyl (C=O) groups excluding carboxylic acids is 1. The van der Waals surface area contributed by atoms with E-state index in [1.807, 2.05) is 0 Å². The molecule has 0 bridgehead atoms. The quantitative estimate of drug-likeness (QED) is 0.808. The monoisotopic (exact) mass is 378 g/mol. The maximum Gasteiger partial charge on any atom is 0.225 e. The molecule has 1 saturated heterocycles. The first-order chi connectivity index (χ1) is 10.7. The summed E-state index contributed by atoms with van der Waals surface area (Å²) < 4.78 is 26.6. The summed E-state index contributed by atoms with van der Waals surface area (Å²) in [7, 11) is -0.0849. The van der Waals surface area contributed by atoms with Gasteiger partial charge >= 0.3 is 0 Å². The lowest BCUT2D eigenvalue weighted by molar-refractivity contribution is -0.134. The summed E-state index contributed by atoms with van der Waals surface area (Å²) in [5.41, 5.74) is 0.419. The third-order valence-corrected chi connectivity index (χ3v) is 6.54. The fourth-order valence-electron chi connectivity index (χ4n) is 2.69. The molecule has 1 aromatic rings. The van der Waals surface area contributed by atoms with Gasteiger partial charge in [0.05, 0.1) is 5.75 Å². The Balaban J connectivity index is 2.06. The standard InChI is InChI=1S/C15H20Cl2N2O3S/c1-18(2)15(20)11-6-8-19(9-7-11)23(21,22)10-12-13(16)4-3-5-14(12)17/h3-5,11H,6-10H2,1-2H3. The molecule has 1 amide bonds. The van der Waals surface area contributed by atoms with Gasteiger partial charge in [-0.25, -0.2) is 12.7 Å². The highest BCUT2D eigenvalue weighted by atomic mass is 35.5. The van der Waals surface area contributed by atoms with Crippen LogP contribution >= 0.6 is 23.2 Å². The molecule has 0 saturated carbocycles. The highest BCUT2D eigenvalue weighted by molar-refractivity contribution is 7.88. The molecule has 1 aliphatic heterocycles. The van der Waals surface area contributed by atoms with Crippen LogP contribution < -0.4 is 0 Å². The van der Waals surface area contributed by atoms with Crippen molar-refractivity contribution < 1.29 is 13.2 Å². The Morgan fingerprint density at radius 3 is 2.22 bits per heavy atom. The van der Waals surface area contributed by atoms with Crippen LogP contribution in [0.25, 0.3) is 0 Å². The smallest absolute Gasteiger partial charge is 0.225 e. The molecule has 0 unspecified atom stereocenters. The van der Waals surface area contributed by atoms with Gasteiger partial charge in [-0.1, -0.05) is 29.3 Å². The van der Waals surface area contributed by atoms with E-state index in [0.29, 0.717) is 41.5 Å². The van der Waals surface area contributed by atoms with Gasteiger partial charge in [0.1, 0.15) is 0 Å². The Morgan fingerprint density at radius 1 is 1.22 bits per heavy atom. The van der Waals surface area contributed by atoms with Crippen molar-refractivity contribution in [1.29, 1.82) is 0 Å². The van der Waals surface area contributed by atoms with E-state index in [0.717, 1.165) is 0 Å². The first-order valence-corrected chi connectivity index (χ1v) is 9.70. The second kappa shape index (κ2) is 7.38. The number of halogens is 2. The molecule has 23 heavy (non-hydrogen) atoms. The van der Waals surface area contributed by atoms with Crippen molar-refractivity contribution in [2.24, 2.45) is 5.92 Å².